The van der Waals surface area contributed by atoms with Gasteiger partial charge < -0.3 is 10.4 Å². The van der Waals surface area contributed by atoms with Crippen molar-refractivity contribution in [2.24, 2.45) is 0 Å². The summed E-state index contributed by atoms with van der Waals surface area (Å²) in [5.74, 6) is -0.215. The van der Waals surface area contributed by atoms with Crippen molar-refractivity contribution in [3.63, 3.8) is 0 Å². The van der Waals surface area contributed by atoms with Gasteiger partial charge in [-0.2, -0.15) is 0 Å². The number of nitrogens with one attached hydrogen (secondary N) is 1. The summed E-state index contributed by atoms with van der Waals surface area (Å²) >= 11 is 1.67. The molecule has 0 aliphatic rings. The van der Waals surface area contributed by atoms with Crippen LogP contribution in [0.15, 0.2) is 70.5 Å². The Balaban J connectivity index is 1.58. The number of hydrogen-bond acceptors (Lipinski definition) is 5. The van der Waals surface area contributed by atoms with Crippen molar-refractivity contribution in [3.8, 4) is 11.4 Å². The summed E-state index contributed by atoms with van der Waals surface area (Å²) in [6.07, 6.45) is 0. The van der Waals surface area contributed by atoms with Crippen molar-refractivity contribution in [2.45, 2.75) is 42.9 Å². The third-order valence-electron chi connectivity index (χ3n) is 4.82. The summed E-state index contributed by atoms with van der Waals surface area (Å²) in [5.41, 5.74) is 3.87. The topological polar surface area (TPSA) is 80.0 Å². The number of aromatic nitrogens is 3. The monoisotopic (exact) mass is 432 g/mol. The van der Waals surface area contributed by atoms with Crippen molar-refractivity contribution in [1.82, 2.24) is 15.0 Å². The van der Waals surface area contributed by atoms with E-state index in [9.17, 15) is 9.90 Å². The third-order valence-corrected chi connectivity index (χ3v) is 5.82. The summed E-state index contributed by atoms with van der Waals surface area (Å²) < 4.78 is 0. The molecule has 0 atom stereocenters. The molecule has 0 aliphatic carbocycles. The van der Waals surface area contributed by atoms with Gasteiger partial charge in [-0.05, 0) is 53.4 Å². The molecule has 4 aromatic rings. The van der Waals surface area contributed by atoms with Crippen LogP contribution in [0.2, 0.25) is 0 Å². The molecule has 1 amide bonds. The molecule has 0 fully saturated rings. The fraction of sp³-hybridized carbons (Fsp3) is 0.208. The number of phenols is 1. The Morgan fingerprint density at radius 2 is 1.61 bits per heavy atom. The largest absolute Gasteiger partial charge is 0.506 e. The lowest BCUT2D eigenvalue weighted by molar-refractivity contribution is -0.114. The summed E-state index contributed by atoms with van der Waals surface area (Å²) in [4.78, 5) is 14.8. The zero-order valence-electron chi connectivity index (χ0n) is 17.9. The first-order valence-electron chi connectivity index (χ1n) is 9.95. The molecule has 1 heterocycles. The van der Waals surface area contributed by atoms with Gasteiger partial charge in [-0.15, -0.1) is 15.0 Å². The minimum atomic E-state index is -0.201. The van der Waals surface area contributed by atoms with Gasteiger partial charge in [0.05, 0.1) is 0 Å². The number of carbonyl (C=O) groups excluding carboxylic acids is 1. The Morgan fingerprint density at radius 1 is 0.935 bits per heavy atom. The lowest BCUT2D eigenvalue weighted by Crippen LogP contribution is -2.10. The Bertz CT molecular complexity index is 1260. The highest BCUT2D eigenvalue weighted by molar-refractivity contribution is 7.99. The zero-order chi connectivity index (χ0) is 22.2. The molecule has 0 aliphatic heterocycles. The van der Waals surface area contributed by atoms with Crippen LogP contribution < -0.4 is 5.32 Å². The fourth-order valence-corrected chi connectivity index (χ4v) is 4.05. The third kappa shape index (κ3) is 4.72. The maximum atomic E-state index is 11.2. The molecule has 0 radical (unpaired) electrons. The number of carbonyl (C=O) groups is 1. The molecule has 6 nitrogen and oxygen atoms in total. The van der Waals surface area contributed by atoms with Crippen LogP contribution in [-0.4, -0.2) is 26.0 Å². The molecule has 1 aromatic heterocycles. The fourth-order valence-electron chi connectivity index (χ4n) is 3.20. The van der Waals surface area contributed by atoms with Gasteiger partial charge >= 0.3 is 0 Å². The van der Waals surface area contributed by atoms with Crippen molar-refractivity contribution in [1.29, 1.82) is 0 Å². The average Bonchev–Trinajstić information content (AvgIpc) is 3.10. The van der Waals surface area contributed by atoms with E-state index in [4.69, 9.17) is 0 Å². The highest BCUT2D eigenvalue weighted by atomic mass is 32.2. The van der Waals surface area contributed by atoms with Gasteiger partial charge in [0.25, 0.3) is 0 Å². The number of fused-ring (bicyclic) bond motifs is 1. The number of aromatic hydroxyl groups is 1. The number of rotatable bonds is 4. The number of benzene rings is 3. The minimum absolute atomic E-state index is 0.0138. The van der Waals surface area contributed by atoms with E-state index in [-0.39, 0.29) is 17.1 Å². The molecule has 0 unspecified atom stereocenters. The van der Waals surface area contributed by atoms with Gasteiger partial charge in [0, 0.05) is 28.5 Å². The molecule has 7 heteroatoms. The van der Waals surface area contributed by atoms with E-state index in [0.29, 0.717) is 11.4 Å². The maximum Gasteiger partial charge on any atom is 0.221 e. The molecule has 0 spiro atoms. The molecule has 4 rings (SSSR count). The molecule has 158 valence electrons. The highest BCUT2D eigenvalue weighted by Gasteiger charge is 2.14. The molecule has 3 aromatic carbocycles. The van der Waals surface area contributed by atoms with Crippen LogP contribution in [0.4, 0.5) is 5.69 Å². The van der Waals surface area contributed by atoms with Crippen LogP contribution in [0, 0.1) is 0 Å². The highest BCUT2D eigenvalue weighted by Crippen LogP contribution is 2.32. The SMILES string of the molecule is CC(=O)Nc1ccc(-n2nc3ccc(Sc4ccc(C(C)(C)C)cc4)cc3n2)c(O)c1. The van der Waals surface area contributed by atoms with Crippen LogP contribution in [0.1, 0.15) is 33.3 Å². The second-order valence-corrected chi connectivity index (χ2v) is 9.55. The first kappa shape index (κ1) is 20.9. The van der Waals surface area contributed by atoms with Crippen LogP contribution in [0.3, 0.4) is 0 Å². The standard InChI is InChI=1S/C24H24N4O2S/c1-15(29)25-17-7-12-22(23(30)13-17)28-26-20-11-10-19(14-21(20)27-28)31-18-8-5-16(6-9-18)24(2,3)4/h5-14,30H,1-4H3,(H,25,29). The lowest BCUT2D eigenvalue weighted by Gasteiger charge is -2.19. The van der Waals surface area contributed by atoms with Gasteiger partial charge in [0.2, 0.25) is 5.91 Å². The van der Waals surface area contributed by atoms with Gasteiger partial charge in [-0.25, -0.2) is 0 Å². The average molecular weight is 433 g/mol. The van der Waals surface area contributed by atoms with E-state index in [2.05, 4.69) is 60.6 Å². The minimum Gasteiger partial charge on any atom is -0.506 e. The molecule has 0 saturated carbocycles. The number of anilines is 1. The first-order valence-corrected chi connectivity index (χ1v) is 10.8. The van der Waals surface area contributed by atoms with Crippen LogP contribution in [-0.2, 0) is 10.2 Å². The molecule has 0 bridgehead atoms. The van der Waals surface area contributed by atoms with Gasteiger partial charge in [0.15, 0.2) is 0 Å². The predicted octanol–water partition coefficient (Wildman–Crippen LogP) is 5.53. The Kier molecular flexibility index (Phi) is 5.45. The first-order chi connectivity index (χ1) is 14.7. The van der Waals surface area contributed by atoms with E-state index in [1.807, 2.05) is 18.2 Å². The zero-order valence-corrected chi connectivity index (χ0v) is 18.7. The van der Waals surface area contributed by atoms with E-state index in [1.54, 1.807) is 23.9 Å². The Hall–Kier alpha value is -3.32. The van der Waals surface area contributed by atoms with E-state index in [0.717, 1.165) is 20.8 Å². The molecular formula is C24H24N4O2S. The van der Waals surface area contributed by atoms with Crippen molar-refractivity contribution < 1.29 is 9.90 Å². The summed E-state index contributed by atoms with van der Waals surface area (Å²) in [6, 6.07) is 19.4. The smallest absolute Gasteiger partial charge is 0.221 e. The Morgan fingerprint density at radius 3 is 2.26 bits per heavy atom. The maximum absolute atomic E-state index is 11.2. The summed E-state index contributed by atoms with van der Waals surface area (Å²) in [6.45, 7) is 8.04. The second kappa shape index (κ2) is 8.07. The quantitative estimate of drug-likeness (QED) is 0.443. The Labute approximate surface area is 185 Å². The molecular weight excluding hydrogens is 408 g/mol. The molecule has 2 N–H and O–H groups in total. The normalized spacial score (nSPS) is 11.6. The van der Waals surface area contributed by atoms with Gasteiger partial charge in [0.1, 0.15) is 22.5 Å². The number of phenolic OH excluding ortho intramolecular Hbond substituents is 1. The molecule has 31 heavy (non-hydrogen) atoms. The van der Waals surface area contributed by atoms with Crippen molar-refractivity contribution in [3.05, 3.63) is 66.2 Å². The van der Waals surface area contributed by atoms with Crippen LogP contribution in [0.25, 0.3) is 16.7 Å². The number of nitrogens with zero attached hydrogens (tertiary/aromatic N) is 3. The van der Waals surface area contributed by atoms with E-state index >= 15 is 0 Å². The number of amides is 1. The lowest BCUT2D eigenvalue weighted by atomic mass is 9.87. The van der Waals surface area contributed by atoms with Crippen LogP contribution in [0.5, 0.6) is 5.75 Å². The van der Waals surface area contributed by atoms with Crippen LogP contribution >= 0.6 is 11.8 Å². The number of hydrogen-bond donors (Lipinski definition) is 2. The summed E-state index contributed by atoms with van der Waals surface area (Å²) in [5, 5.41) is 22.0. The summed E-state index contributed by atoms with van der Waals surface area (Å²) in [7, 11) is 0. The second-order valence-electron chi connectivity index (χ2n) is 8.40. The van der Waals surface area contributed by atoms with E-state index in [1.165, 1.54) is 23.4 Å². The van der Waals surface area contributed by atoms with E-state index < -0.39 is 0 Å². The van der Waals surface area contributed by atoms with Crippen molar-refractivity contribution >= 4 is 34.4 Å². The van der Waals surface area contributed by atoms with Gasteiger partial charge in [-0.1, -0.05) is 44.7 Å². The van der Waals surface area contributed by atoms with Gasteiger partial charge in [-0.3, -0.25) is 4.79 Å². The predicted molar refractivity (Wildman–Crippen MR) is 124 cm³/mol. The van der Waals surface area contributed by atoms with Crippen molar-refractivity contribution in [2.75, 3.05) is 5.32 Å². The molecule has 0 saturated heterocycles.